The van der Waals surface area contributed by atoms with Gasteiger partial charge in [0.15, 0.2) is 0 Å². The fourth-order valence-corrected chi connectivity index (χ4v) is 8.04. The maximum Gasteiger partial charge on any atom is 0.306 e. The van der Waals surface area contributed by atoms with Crippen molar-refractivity contribution in [1.29, 1.82) is 0 Å². The van der Waals surface area contributed by atoms with Crippen LogP contribution in [0.25, 0.3) is 0 Å². The Kier molecular flexibility index (Phi) is 44.9. The van der Waals surface area contributed by atoms with E-state index in [0.29, 0.717) is 23.9 Å². The van der Waals surface area contributed by atoms with Crippen LogP contribution in [-0.2, 0) is 27.9 Å². The number of phosphoric acid groups is 1. The van der Waals surface area contributed by atoms with E-state index < -0.39 is 26.6 Å². The highest BCUT2D eigenvalue weighted by atomic mass is 31.2. The molecule has 9 nitrogen and oxygen atoms in total. The molecule has 0 aliphatic heterocycles. The van der Waals surface area contributed by atoms with Crippen molar-refractivity contribution >= 4 is 19.7 Å². The molecular weight excluding hydrogens is 856 g/mol. The third-order valence-corrected chi connectivity index (χ3v) is 12.5. The topological polar surface area (TPSA) is 114 Å². The van der Waals surface area contributed by atoms with E-state index in [0.717, 1.165) is 64.2 Å². The number of hydrogen-bond donors (Lipinski definition) is 1. The van der Waals surface area contributed by atoms with E-state index in [2.05, 4.69) is 38.2 Å². The molecule has 0 aromatic carbocycles. The fourth-order valence-electron chi connectivity index (χ4n) is 7.32. The summed E-state index contributed by atoms with van der Waals surface area (Å²) in [6, 6.07) is -0.907. The van der Waals surface area contributed by atoms with E-state index >= 15 is 0 Å². The number of nitrogens with one attached hydrogen (secondary N) is 1. The molecule has 0 rings (SSSR count). The number of rotatable bonds is 47. The highest BCUT2D eigenvalue weighted by Crippen LogP contribution is 2.38. The molecule has 1 N–H and O–H groups in total. The summed E-state index contributed by atoms with van der Waals surface area (Å²) in [5.74, 6) is -0.596. The number of quaternary nitrogens is 1. The van der Waals surface area contributed by atoms with E-state index in [1.165, 1.54) is 109 Å². The number of phosphoric ester groups is 1. The Morgan fingerprint density at radius 2 is 0.955 bits per heavy atom. The monoisotopic (exact) mass is 957 g/mol. The van der Waals surface area contributed by atoms with Crippen molar-refractivity contribution in [2.75, 3.05) is 40.9 Å². The number of amides is 1. The number of esters is 1. The van der Waals surface area contributed by atoms with E-state index in [-0.39, 0.29) is 24.9 Å². The summed E-state index contributed by atoms with van der Waals surface area (Å²) < 4.78 is 30.1. The zero-order chi connectivity index (χ0) is 49.4. The second-order valence-electron chi connectivity index (χ2n) is 19.2. The number of carbonyl (C=O) groups is 2. The number of hydrogen-bond acceptors (Lipinski definition) is 7. The highest BCUT2D eigenvalue weighted by molar-refractivity contribution is 7.45. The van der Waals surface area contributed by atoms with Crippen LogP contribution in [0.4, 0.5) is 0 Å². The van der Waals surface area contributed by atoms with E-state index in [1.54, 1.807) is 0 Å². The maximum absolute atomic E-state index is 13.4. The van der Waals surface area contributed by atoms with Gasteiger partial charge in [-0.3, -0.25) is 14.2 Å². The first-order valence-corrected chi connectivity index (χ1v) is 28.4. The zero-order valence-electron chi connectivity index (χ0n) is 43.8. The van der Waals surface area contributed by atoms with Crippen LogP contribution in [-0.4, -0.2) is 69.4 Å². The van der Waals surface area contributed by atoms with Crippen LogP contribution in [0.5, 0.6) is 0 Å². The predicted molar refractivity (Wildman–Crippen MR) is 284 cm³/mol. The van der Waals surface area contributed by atoms with Crippen molar-refractivity contribution in [2.24, 2.45) is 0 Å². The minimum absolute atomic E-state index is 0.0327. The minimum atomic E-state index is -4.70. The minimum Gasteiger partial charge on any atom is -0.756 e. The highest BCUT2D eigenvalue weighted by Gasteiger charge is 2.27. The quantitative estimate of drug-likeness (QED) is 0.0161. The smallest absolute Gasteiger partial charge is 0.306 e. The van der Waals surface area contributed by atoms with Crippen molar-refractivity contribution in [1.82, 2.24) is 5.32 Å². The number of likely N-dealkylation sites (N-methyl/N-ethyl adjacent to an activating group) is 1. The molecule has 0 saturated heterocycles. The molecule has 0 aliphatic carbocycles. The van der Waals surface area contributed by atoms with Gasteiger partial charge in [-0.2, -0.15) is 0 Å². The van der Waals surface area contributed by atoms with Gasteiger partial charge in [0.05, 0.1) is 33.8 Å². The Hall–Kier alpha value is -2.81. The Morgan fingerprint density at radius 3 is 1.45 bits per heavy atom. The molecule has 0 aromatic rings. The summed E-state index contributed by atoms with van der Waals surface area (Å²) in [7, 11) is 1.15. The molecule has 0 saturated carbocycles. The molecule has 0 heterocycles. The van der Waals surface area contributed by atoms with Gasteiger partial charge < -0.3 is 28.5 Å². The maximum atomic E-state index is 13.4. The lowest BCUT2D eigenvalue weighted by Gasteiger charge is -2.30. The van der Waals surface area contributed by atoms with Gasteiger partial charge in [0, 0.05) is 12.8 Å². The van der Waals surface area contributed by atoms with Gasteiger partial charge in [0.25, 0.3) is 7.82 Å². The number of allylic oxidation sites excluding steroid dienone is 13. The molecule has 67 heavy (non-hydrogen) atoms. The van der Waals surface area contributed by atoms with E-state index in [1.807, 2.05) is 94.1 Å². The largest absolute Gasteiger partial charge is 0.756 e. The van der Waals surface area contributed by atoms with Crippen molar-refractivity contribution in [3.63, 3.8) is 0 Å². The molecule has 10 heteroatoms. The van der Waals surface area contributed by atoms with Gasteiger partial charge >= 0.3 is 5.97 Å². The van der Waals surface area contributed by atoms with Crippen LogP contribution >= 0.6 is 7.82 Å². The van der Waals surface area contributed by atoms with Crippen LogP contribution in [0.3, 0.4) is 0 Å². The van der Waals surface area contributed by atoms with Gasteiger partial charge in [0.2, 0.25) is 5.91 Å². The zero-order valence-corrected chi connectivity index (χ0v) is 44.7. The van der Waals surface area contributed by atoms with Crippen LogP contribution in [0.2, 0.25) is 0 Å². The first-order valence-electron chi connectivity index (χ1n) is 27.0. The Balaban J connectivity index is 5.48. The summed E-state index contributed by atoms with van der Waals surface area (Å²) in [5.41, 5.74) is 0. The third kappa shape index (κ3) is 48.0. The molecule has 3 unspecified atom stereocenters. The predicted octanol–water partition coefficient (Wildman–Crippen LogP) is 15.2. The molecule has 0 spiro atoms. The van der Waals surface area contributed by atoms with Crippen LogP contribution in [0.1, 0.15) is 213 Å². The number of nitrogens with zero attached hydrogens (tertiary/aromatic N) is 1. The average Bonchev–Trinajstić information content (AvgIpc) is 3.28. The van der Waals surface area contributed by atoms with Gasteiger partial charge in [-0.1, -0.05) is 235 Å². The number of ether oxygens (including phenoxy) is 1. The van der Waals surface area contributed by atoms with Gasteiger partial charge in [0.1, 0.15) is 19.3 Å². The van der Waals surface area contributed by atoms with Crippen LogP contribution in [0, 0.1) is 0 Å². The number of unbranched alkanes of at least 4 members (excludes halogenated alkanes) is 24. The summed E-state index contributed by atoms with van der Waals surface area (Å²) >= 11 is 0. The second kappa shape index (κ2) is 46.9. The summed E-state index contributed by atoms with van der Waals surface area (Å²) in [5, 5.41) is 3.00. The molecule has 386 valence electrons. The fraction of sp³-hybridized carbons (Fsp3) is 0.719. The normalized spacial score (nSPS) is 14.6. The molecule has 0 fully saturated rings. The lowest BCUT2D eigenvalue weighted by Crippen LogP contribution is -2.47. The lowest BCUT2D eigenvalue weighted by atomic mass is 10.0. The SMILES string of the molecule is CC\C=C/C=C/C=C/C=C\C=C\C=C\CCCCCC(=O)OC(/C=C/CCCCCCCCCCC)C(COP(=O)([O-])OCC[N+](C)(C)C)NC(=O)CCCCCCCCCCCCCCC. The molecule has 0 radical (unpaired) electrons. The van der Waals surface area contributed by atoms with Crippen LogP contribution in [0.15, 0.2) is 85.1 Å². The average molecular weight is 957 g/mol. The molecule has 0 bridgehead atoms. The Morgan fingerprint density at radius 1 is 0.537 bits per heavy atom. The number of carbonyl (C=O) groups excluding carboxylic acids is 2. The molecule has 1 amide bonds. The Labute approximate surface area is 412 Å². The van der Waals surface area contributed by atoms with Crippen molar-refractivity contribution in [2.45, 2.75) is 226 Å². The van der Waals surface area contributed by atoms with Crippen molar-refractivity contribution < 1.29 is 37.3 Å². The summed E-state index contributed by atoms with van der Waals surface area (Å²) in [4.78, 5) is 39.7. The van der Waals surface area contributed by atoms with Crippen molar-refractivity contribution in [3.8, 4) is 0 Å². The molecular formula is C57H101N2O7P. The van der Waals surface area contributed by atoms with Gasteiger partial charge in [-0.05, 0) is 51.0 Å². The summed E-state index contributed by atoms with van der Waals surface area (Å²) in [6.45, 7) is 6.64. The van der Waals surface area contributed by atoms with Gasteiger partial charge in [-0.25, -0.2) is 0 Å². The first kappa shape index (κ1) is 64.2. The van der Waals surface area contributed by atoms with E-state index in [9.17, 15) is 19.0 Å². The Bertz CT molecular complexity index is 1430. The van der Waals surface area contributed by atoms with Crippen molar-refractivity contribution in [3.05, 3.63) is 85.1 Å². The molecule has 0 aromatic heterocycles. The second-order valence-corrected chi connectivity index (χ2v) is 20.6. The lowest BCUT2D eigenvalue weighted by molar-refractivity contribution is -0.870. The summed E-state index contributed by atoms with van der Waals surface area (Å²) in [6.07, 6.45) is 59.7. The van der Waals surface area contributed by atoms with Crippen LogP contribution < -0.4 is 10.2 Å². The van der Waals surface area contributed by atoms with Gasteiger partial charge in [-0.15, -0.1) is 0 Å². The van der Waals surface area contributed by atoms with E-state index in [4.69, 9.17) is 13.8 Å². The first-order chi connectivity index (χ1) is 32.4. The molecule has 3 atom stereocenters. The third-order valence-electron chi connectivity index (χ3n) is 11.5. The standard InChI is InChI=1S/C57H101N2O7P/c1-7-10-13-16-19-22-25-27-28-29-30-32-35-38-41-44-47-50-57(61)66-55(48-45-42-39-36-33-24-21-18-15-12-9-3)54(53-65-67(62,63)64-52-51-59(4,5)6)58-56(60)49-46-43-40-37-34-31-26-23-20-17-14-11-8-2/h10,13,16,19,22,25,27-30,32,35,45,48,54-55H,7-9,11-12,14-15,17-18,20-21,23-24,26,31,33-34,36-44,46-47,49-53H2,1-6H3,(H-,58,60,62,63)/b13-10-,19-16+,25-22+,28-27-,30-29+,35-32+,48-45+. The molecule has 0 aliphatic rings.